The van der Waals surface area contributed by atoms with E-state index in [-0.39, 0.29) is 17.2 Å². The number of rotatable bonds is 6. The Balaban J connectivity index is 2.33. The van der Waals surface area contributed by atoms with Gasteiger partial charge in [0.25, 0.3) is 0 Å². The zero-order chi connectivity index (χ0) is 17.6. The SMILES string of the molecule is CCOC(=O)/C(=N\OS(=O)(=O)c1ccc(C)cc1)c1ccccc1. The topological polar surface area (TPSA) is 82.0 Å². The van der Waals surface area contributed by atoms with E-state index in [4.69, 9.17) is 9.02 Å². The molecule has 0 fully saturated rings. The molecule has 0 aliphatic rings. The Kier molecular flexibility index (Phi) is 5.70. The summed E-state index contributed by atoms with van der Waals surface area (Å²) in [5.74, 6) is -0.761. The highest BCUT2D eigenvalue weighted by Crippen LogP contribution is 2.14. The molecule has 0 aromatic heterocycles. The fourth-order valence-electron chi connectivity index (χ4n) is 1.84. The first-order chi connectivity index (χ1) is 11.4. The van der Waals surface area contributed by atoms with Crippen molar-refractivity contribution in [3.8, 4) is 0 Å². The average Bonchev–Trinajstić information content (AvgIpc) is 2.56. The van der Waals surface area contributed by atoms with Crippen molar-refractivity contribution in [3.63, 3.8) is 0 Å². The summed E-state index contributed by atoms with van der Waals surface area (Å²) in [6.45, 7) is 3.61. The number of carbonyl (C=O) groups is 1. The Morgan fingerprint density at radius 1 is 1.04 bits per heavy atom. The molecule has 0 heterocycles. The van der Waals surface area contributed by atoms with Crippen LogP contribution < -0.4 is 0 Å². The van der Waals surface area contributed by atoms with Gasteiger partial charge in [-0.2, -0.15) is 8.42 Å². The van der Waals surface area contributed by atoms with E-state index in [9.17, 15) is 13.2 Å². The molecule has 0 aliphatic heterocycles. The Morgan fingerprint density at radius 3 is 2.25 bits per heavy atom. The van der Waals surface area contributed by atoms with Crippen LogP contribution in [-0.4, -0.2) is 26.7 Å². The van der Waals surface area contributed by atoms with Gasteiger partial charge in [-0.25, -0.2) is 4.79 Å². The maximum absolute atomic E-state index is 12.2. The molecule has 0 spiro atoms. The summed E-state index contributed by atoms with van der Waals surface area (Å²) in [6.07, 6.45) is 0. The van der Waals surface area contributed by atoms with Crippen LogP contribution in [0.2, 0.25) is 0 Å². The smallest absolute Gasteiger partial charge is 0.361 e. The number of aryl methyl sites for hydroxylation is 1. The van der Waals surface area contributed by atoms with Gasteiger partial charge >= 0.3 is 16.1 Å². The predicted molar refractivity (Wildman–Crippen MR) is 89.1 cm³/mol. The van der Waals surface area contributed by atoms with Crippen LogP contribution >= 0.6 is 0 Å². The predicted octanol–water partition coefficient (Wildman–Crippen LogP) is 2.67. The molecule has 2 rings (SSSR count). The number of esters is 1. The lowest BCUT2D eigenvalue weighted by Crippen LogP contribution is -2.20. The number of ether oxygens (including phenoxy) is 1. The molecule has 0 unspecified atom stereocenters. The second-order valence-electron chi connectivity index (χ2n) is 4.87. The van der Waals surface area contributed by atoms with Crippen molar-refractivity contribution in [2.75, 3.05) is 6.61 Å². The van der Waals surface area contributed by atoms with Gasteiger partial charge in [-0.1, -0.05) is 53.2 Å². The van der Waals surface area contributed by atoms with Gasteiger partial charge in [0.1, 0.15) is 4.90 Å². The van der Waals surface area contributed by atoms with Crippen molar-refractivity contribution in [3.05, 3.63) is 65.7 Å². The standard InChI is InChI=1S/C17H17NO5S/c1-3-22-17(19)16(14-7-5-4-6-8-14)18-23-24(20,21)15-11-9-13(2)10-12-15/h4-12H,3H2,1-2H3/b18-16-. The first-order valence-corrected chi connectivity index (χ1v) is 8.65. The van der Waals surface area contributed by atoms with Crippen molar-refractivity contribution < 1.29 is 22.2 Å². The number of hydrogen-bond acceptors (Lipinski definition) is 6. The Bertz CT molecular complexity index is 827. The molecule has 6 nitrogen and oxygen atoms in total. The second-order valence-corrected chi connectivity index (χ2v) is 6.40. The van der Waals surface area contributed by atoms with Gasteiger partial charge in [0.15, 0.2) is 5.71 Å². The van der Waals surface area contributed by atoms with Gasteiger partial charge in [0.05, 0.1) is 6.61 Å². The lowest BCUT2D eigenvalue weighted by atomic mass is 10.1. The van der Waals surface area contributed by atoms with Crippen LogP contribution in [0.3, 0.4) is 0 Å². The summed E-state index contributed by atoms with van der Waals surface area (Å²) in [6, 6.07) is 14.5. The van der Waals surface area contributed by atoms with Crippen molar-refractivity contribution in [1.29, 1.82) is 0 Å². The number of benzene rings is 2. The van der Waals surface area contributed by atoms with Crippen LogP contribution in [0.1, 0.15) is 18.1 Å². The number of carbonyl (C=O) groups excluding carboxylic acids is 1. The molecule has 0 amide bonds. The third-order valence-electron chi connectivity index (χ3n) is 3.05. The third-order valence-corrected chi connectivity index (χ3v) is 4.17. The Morgan fingerprint density at radius 2 is 1.67 bits per heavy atom. The van der Waals surface area contributed by atoms with Crippen LogP contribution in [0.25, 0.3) is 0 Å². The van der Waals surface area contributed by atoms with Crippen LogP contribution in [0, 0.1) is 6.92 Å². The molecule has 24 heavy (non-hydrogen) atoms. The summed E-state index contributed by atoms with van der Waals surface area (Å²) < 4.78 is 34.0. The van der Waals surface area contributed by atoms with Gasteiger partial charge in [0, 0.05) is 5.56 Å². The average molecular weight is 347 g/mol. The first kappa shape index (κ1) is 17.7. The van der Waals surface area contributed by atoms with Crippen molar-refractivity contribution in [2.45, 2.75) is 18.7 Å². The summed E-state index contributed by atoms with van der Waals surface area (Å²) in [5, 5.41) is 3.54. The number of oxime groups is 1. The molecule has 7 heteroatoms. The minimum Gasteiger partial charge on any atom is -0.461 e. The minimum absolute atomic E-state index is 0.0480. The van der Waals surface area contributed by atoms with Gasteiger partial charge in [0.2, 0.25) is 0 Å². The van der Waals surface area contributed by atoms with Gasteiger partial charge in [-0.05, 0) is 26.0 Å². The Hall–Kier alpha value is -2.67. The number of hydrogen-bond donors (Lipinski definition) is 0. The maximum atomic E-state index is 12.2. The highest BCUT2D eigenvalue weighted by atomic mass is 32.2. The normalized spacial score (nSPS) is 11.8. The monoisotopic (exact) mass is 347 g/mol. The van der Waals surface area contributed by atoms with E-state index in [0.29, 0.717) is 5.56 Å². The van der Waals surface area contributed by atoms with Crippen LogP contribution in [0.4, 0.5) is 0 Å². The lowest BCUT2D eigenvalue weighted by Gasteiger charge is -2.07. The summed E-state index contributed by atoms with van der Waals surface area (Å²) in [7, 11) is -4.12. The largest absolute Gasteiger partial charge is 0.461 e. The molecular formula is C17H17NO5S. The fraction of sp³-hybridized carbons (Fsp3) is 0.176. The van der Waals surface area contributed by atoms with Crippen LogP contribution in [0.15, 0.2) is 64.6 Å². The molecule has 0 N–H and O–H groups in total. The quantitative estimate of drug-likeness (QED) is 0.456. The fourth-order valence-corrected chi connectivity index (χ4v) is 2.57. The number of nitrogens with zero attached hydrogens (tertiary/aromatic N) is 1. The summed E-state index contributed by atoms with van der Waals surface area (Å²) in [5.41, 5.74) is 1.09. The lowest BCUT2D eigenvalue weighted by molar-refractivity contribution is -0.135. The molecule has 2 aromatic carbocycles. The zero-order valence-electron chi connectivity index (χ0n) is 13.3. The highest BCUT2D eigenvalue weighted by molar-refractivity contribution is 7.86. The van der Waals surface area contributed by atoms with Crippen molar-refractivity contribution in [1.82, 2.24) is 0 Å². The molecule has 2 aromatic rings. The molecule has 0 aliphatic carbocycles. The van der Waals surface area contributed by atoms with E-state index in [1.165, 1.54) is 12.1 Å². The summed E-state index contributed by atoms with van der Waals surface area (Å²) >= 11 is 0. The van der Waals surface area contributed by atoms with E-state index in [0.717, 1.165) is 5.56 Å². The molecule has 0 bridgehead atoms. The third kappa shape index (κ3) is 4.42. The molecule has 0 saturated heterocycles. The highest BCUT2D eigenvalue weighted by Gasteiger charge is 2.20. The second kappa shape index (κ2) is 7.74. The molecule has 0 atom stereocenters. The molecular weight excluding hydrogens is 330 g/mol. The molecule has 0 radical (unpaired) electrons. The van der Waals surface area contributed by atoms with Crippen molar-refractivity contribution >= 4 is 21.8 Å². The van der Waals surface area contributed by atoms with Gasteiger partial charge in [-0.15, -0.1) is 0 Å². The molecule has 0 saturated carbocycles. The zero-order valence-corrected chi connectivity index (χ0v) is 14.1. The Labute approximate surface area is 140 Å². The van der Waals surface area contributed by atoms with Crippen LogP contribution in [0.5, 0.6) is 0 Å². The summed E-state index contributed by atoms with van der Waals surface area (Å²) in [4.78, 5) is 12.0. The maximum Gasteiger partial charge on any atom is 0.361 e. The van der Waals surface area contributed by atoms with E-state index < -0.39 is 16.1 Å². The van der Waals surface area contributed by atoms with E-state index in [1.54, 1.807) is 49.4 Å². The van der Waals surface area contributed by atoms with Crippen molar-refractivity contribution in [2.24, 2.45) is 5.16 Å². The van der Waals surface area contributed by atoms with Crippen LogP contribution in [-0.2, 0) is 23.9 Å². The van der Waals surface area contributed by atoms with E-state index >= 15 is 0 Å². The van der Waals surface area contributed by atoms with E-state index in [1.807, 2.05) is 6.92 Å². The first-order valence-electron chi connectivity index (χ1n) is 7.25. The van der Waals surface area contributed by atoms with Gasteiger partial charge in [-0.3, -0.25) is 4.28 Å². The van der Waals surface area contributed by atoms with Gasteiger partial charge < -0.3 is 4.74 Å². The minimum atomic E-state index is -4.12. The molecule has 126 valence electrons. The van der Waals surface area contributed by atoms with E-state index in [2.05, 4.69) is 5.16 Å².